The van der Waals surface area contributed by atoms with Crippen molar-refractivity contribution in [3.8, 4) is 0 Å². The summed E-state index contributed by atoms with van der Waals surface area (Å²) >= 11 is 8.22. The smallest absolute Gasteiger partial charge is 0.323 e. The third-order valence-corrected chi connectivity index (χ3v) is 5.32. The van der Waals surface area contributed by atoms with E-state index in [1.807, 2.05) is 60.7 Å². The summed E-state index contributed by atoms with van der Waals surface area (Å²) in [5.41, 5.74) is 0.894. The number of esters is 1. The zero-order chi connectivity index (χ0) is 15.1. The van der Waals surface area contributed by atoms with Gasteiger partial charge in [-0.1, -0.05) is 84.3 Å². The molecule has 2 aromatic carbocycles. The van der Waals surface area contributed by atoms with Crippen LogP contribution in [0, 0.1) is 0 Å². The maximum Gasteiger partial charge on any atom is 0.323 e. The number of ether oxygens (including phenoxy) is 1. The van der Waals surface area contributed by atoms with Gasteiger partial charge in [-0.15, -0.1) is 0 Å². The normalized spacial score (nSPS) is 11.7. The summed E-state index contributed by atoms with van der Waals surface area (Å²) < 4.78 is 5.58. The first-order chi connectivity index (χ1) is 10.2. The minimum atomic E-state index is -0.431. The van der Waals surface area contributed by atoms with Crippen molar-refractivity contribution >= 4 is 45.2 Å². The molecule has 0 aromatic heterocycles. The third kappa shape index (κ3) is 4.88. The topological polar surface area (TPSA) is 26.3 Å². The molecule has 1 unspecified atom stereocenters. The predicted molar refractivity (Wildman–Crippen MR) is 93.7 cm³/mol. The number of benzene rings is 2. The van der Waals surface area contributed by atoms with Crippen LogP contribution in [-0.2, 0) is 9.53 Å². The van der Waals surface area contributed by atoms with Gasteiger partial charge >= 0.3 is 5.97 Å². The Balaban J connectivity index is 2.09. The molecule has 2 aromatic rings. The van der Waals surface area contributed by atoms with Crippen molar-refractivity contribution in [3.63, 3.8) is 0 Å². The predicted octanol–water partition coefficient (Wildman–Crippen LogP) is 4.71. The van der Waals surface area contributed by atoms with Gasteiger partial charge in [-0.2, -0.15) is 0 Å². The van der Waals surface area contributed by atoms with E-state index in [9.17, 15) is 4.79 Å². The monoisotopic (exact) mass is 334 g/mol. The molecule has 108 valence electrons. The van der Waals surface area contributed by atoms with Crippen molar-refractivity contribution in [1.82, 2.24) is 0 Å². The molecule has 1 atom stereocenters. The number of thioether (sulfide) groups is 2. The molecule has 2 nitrogen and oxygen atoms in total. The molecule has 21 heavy (non-hydrogen) atoms. The minimum absolute atomic E-state index is 0.290. The zero-order valence-electron chi connectivity index (χ0n) is 11.4. The van der Waals surface area contributed by atoms with Gasteiger partial charge in [0, 0.05) is 4.90 Å². The van der Waals surface area contributed by atoms with Crippen LogP contribution in [0.25, 0.3) is 0 Å². The quantitative estimate of drug-likeness (QED) is 0.458. The molecule has 2 rings (SSSR count). The molecule has 0 aliphatic carbocycles. The Morgan fingerprint density at radius 3 is 2.19 bits per heavy atom. The van der Waals surface area contributed by atoms with Gasteiger partial charge in [-0.05, 0) is 17.7 Å². The molecular weight excluding hydrogens is 320 g/mol. The maximum atomic E-state index is 12.0. The minimum Gasteiger partial charge on any atom is -0.468 e. The number of methoxy groups -OCH3 is 1. The number of carbonyl (C=O) groups is 1. The second-order valence-corrected chi connectivity index (χ2v) is 7.48. The van der Waals surface area contributed by atoms with E-state index in [4.69, 9.17) is 17.0 Å². The molecule has 0 bridgehead atoms. The summed E-state index contributed by atoms with van der Waals surface area (Å²) in [5, 5.41) is -0.431. The van der Waals surface area contributed by atoms with Crippen LogP contribution in [0.5, 0.6) is 0 Å². The molecular formula is C16H14O2S3. The fraction of sp³-hybridized carbons (Fsp3) is 0.125. The first kappa shape index (κ1) is 16.1. The lowest BCUT2D eigenvalue weighted by molar-refractivity contribution is -0.140. The van der Waals surface area contributed by atoms with Crippen molar-refractivity contribution in [3.05, 3.63) is 66.2 Å². The second kappa shape index (κ2) is 8.22. The van der Waals surface area contributed by atoms with E-state index in [2.05, 4.69) is 0 Å². The molecule has 0 aliphatic heterocycles. The number of thiocarbonyl (C=S) groups is 1. The van der Waals surface area contributed by atoms with E-state index >= 15 is 0 Å². The Bertz CT molecular complexity index is 599. The van der Waals surface area contributed by atoms with Gasteiger partial charge in [-0.25, -0.2) is 0 Å². The fourth-order valence-electron chi connectivity index (χ4n) is 1.69. The summed E-state index contributed by atoms with van der Waals surface area (Å²) in [5.74, 6) is -0.290. The molecule has 0 saturated heterocycles. The fourth-order valence-corrected chi connectivity index (χ4v) is 4.20. The Hall–Kier alpha value is -1.30. The van der Waals surface area contributed by atoms with Gasteiger partial charge in [0.1, 0.15) is 8.78 Å². The molecule has 0 spiro atoms. The lowest BCUT2D eigenvalue weighted by atomic mass is 10.1. The Labute approximate surface area is 138 Å². The van der Waals surface area contributed by atoms with Crippen LogP contribution >= 0.6 is 35.7 Å². The average molecular weight is 334 g/mol. The second-order valence-electron chi connectivity index (χ2n) is 4.10. The highest BCUT2D eigenvalue weighted by atomic mass is 32.2. The van der Waals surface area contributed by atoms with Crippen LogP contribution in [0.3, 0.4) is 0 Å². The highest BCUT2D eigenvalue weighted by Gasteiger charge is 2.24. The van der Waals surface area contributed by atoms with Crippen LogP contribution < -0.4 is 0 Å². The zero-order valence-corrected chi connectivity index (χ0v) is 13.8. The van der Waals surface area contributed by atoms with Gasteiger partial charge in [0.15, 0.2) is 0 Å². The van der Waals surface area contributed by atoms with Crippen LogP contribution in [0.15, 0.2) is 65.6 Å². The maximum absolute atomic E-state index is 12.0. The highest BCUT2D eigenvalue weighted by molar-refractivity contribution is 8.47. The van der Waals surface area contributed by atoms with Gasteiger partial charge in [0.2, 0.25) is 0 Å². The van der Waals surface area contributed by atoms with Crippen LogP contribution in [0.4, 0.5) is 0 Å². The number of hydrogen-bond donors (Lipinski definition) is 0. The first-order valence-corrected chi connectivity index (χ1v) is 8.37. The molecule has 5 heteroatoms. The van der Waals surface area contributed by atoms with Crippen LogP contribution in [-0.4, -0.2) is 16.6 Å². The van der Waals surface area contributed by atoms with Crippen molar-refractivity contribution in [1.29, 1.82) is 0 Å². The van der Waals surface area contributed by atoms with Gasteiger partial charge in [0.05, 0.1) is 7.11 Å². The van der Waals surface area contributed by atoms with E-state index < -0.39 is 5.25 Å². The molecule has 0 N–H and O–H groups in total. The van der Waals surface area contributed by atoms with Crippen molar-refractivity contribution in [2.24, 2.45) is 0 Å². The van der Waals surface area contributed by atoms with Crippen LogP contribution in [0.1, 0.15) is 10.8 Å². The van der Waals surface area contributed by atoms with E-state index in [0.29, 0.717) is 3.53 Å². The van der Waals surface area contributed by atoms with E-state index in [1.54, 1.807) is 0 Å². The van der Waals surface area contributed by atoms with Crippen molar-refractivity contribution in [2.45, 2.75) is 10.1 Å². The molecule has 0 aliphatic rings. The Morgan fingerprint density at radius 2 is 1.62 bits per heavy atom. The summed E-state index contributed by atoms with van der Waals surface area (Å²) in [6.45, 7) is 0. The van der Waals surface area contributed by atoms with E-state index in [1.165, 1.54) is 30.6 Å². The Morgan fingerprint density at radius 1 is 1.05 bits per heavy atom. The molecule has 0 heterocycles. The summed E-state index contributed by atoms with van der Waals surface area (Å²) in [6, 6.07) is 19.4. The van der Waals surface area contributed by atoms with Crippen LogP contribution in [0.2, 0.25) is 0 Å². The molecule has 0 amide bonds. The van der Waals surface area contributed by atoms with Gasteiger partial charge in [-0.3, -0.25) is 4.79 Å². The molecule has 0 saturated carbocycles. The molecule has 0 radical (unpaired) electrons. The average Bonchev–Trinajstić information content (AvgIpc) is 2.53. The lowest BCUT2D eigenvalue weighted by Crippen LogP contribution is -2.12. The largest absolute Gasteiger partial charge is 0.468 e. The highest BCUT2D eigenvalue weighted by Crippen LogP contribution is 2.37. The van der Waals surface area contributed by atoms with Gasteiger partial charge in [0.25, 0.3) is 0 Å². The molecule has 0 fully saturated rings. The third-order valence-electron chi connectivity index (χ3n) is 2.68. The number of carbonyl (C=O) groups excluding carboxylic acids is 1. The summed E-state index contributed by atoms with van der Waals surface area (Å²) in [7, 11) is 1.40. The Kier molecular flexibility index (Phi) is 6.29. The summed E-state index contributed by atoms with van der Waals surface area (Å²) in [4.78, 5) is 13.1. The van der Waals surface area contributed by atoms with E-state index in [0.717, 1.165) is 10.5 Å². The standard InChI is InChI=1S/C16H14O2S3/c1-18-15(17)14(12-8-4-2-5-9-12)21-16(19)20-13-10-6-3-7-11-13/h2-11,14H,1H3. The number of hydrogen-bond acceptors (Lipinski definition) is 5. The summed E-state index contributed by atoms with van der Waals surface area (Å²) in [6.07, 6.45) is 0. The van der Waals surface area contributed by atoms with Gasteiger partial charge < -0.3 is 4.74 Å². The lowest BCUT2D eigenvalue weighted by Gasteiger charge is -2.14. The number of rotatable bonds is 4. The van der Waals surface area contributed by atoms with E-state index in [-0.39, 0.29) is 5.97 Å². The SMILES string of the molecule is COC(=O)C(SC(=S)Sc1ccccc1)c1ccccc1. The first-order valence-electron chi connectivity index (χ1n) is 6.27. The van der Waals surface area contributed by atoms with Crippen molar-refractivity contribution in [2.75, 3.05) is 7.11 Å². The van der Waals surface area contributed by atoms with Crippen molar-refractivity contribution < 1.29 is 9.53 Å².